The number of hydrogen-bond donors (Lipinski definition) is 1. The zero-order valence-corrected chi connectivity index (χ0v) is 14.2. The molecule has 0 aliphatic rings. The van der Waals surface area contributed by atoms with Crippen LogP contribution in [0.25, 0.3) is 0 Å². The van der Waals surface area contributed by atoms with Crippen LogP contribution in [0.5, 0.6) is 0 Å². The van der Waals surface area contributed by atoms with Crippen LogP contribution in [0.1, 0.15) is 11.1 Å². The van der Waals surface area contributed by atoms with Crippen LogP contribution in [-0.2, 0) is 10.5 Å². The van der Waals surface area contributed by atoms with Crippen molar-refractivity contribution in [2.45, 2.75) is 12.7 Å². The summed E-state index contributed by atoms with van der Waals surface area (Å²) in [6.45, 7) is 1.89. The van der Waals surface area contributed by atoms with Crippen LogP contribution >= 0.6 is 35.0 Å². The third kappa shape index (κ3) is 4.63. The number of amides is 1. The van der Waals surface area contributed by atoms with Crippen molar-refractivity contribution in [2.24, 2.45) is 0 Å². The molecule has 0 aromatic heterocycles. The molecule has 1 N–H and O–H groups in total. The highest BCUT2D eigenvalue weighted by molar-refractivity contribution is 7.99. The number of halogens is 3. The van der Waals surface area contributed by atoms with Crippen molar-refractivity contribution >= 4 is 46.6 Å². The minimum atomic E-state index is -0.355. The Morgan fingerprint density at radius 2 is 2.05 bits per heavy atom. The minimum Gasteiger partial charge on any atom is -0.325 e. The lowest BCUT2D eigenvalue weighted by molar-refractivity contribution is -0.113. The molecule has 0 bridgehead atoms. The molecule has 1 amide bonds. The number of benzene rings is 2. The summed E-state index contributed by atoms with van der Waals surface area (Å²) in [7, 11) is 0. The highest BCUT2D eigenvalue weighted by atomic mass is 35.5. The average Bonchev–Trinajstić information content (AvgIpc) is 2.46. The normalized spacial score (nSPS) is 10.5. The predicted octanol–water partition coefficient (Wildman–Crippen LogP) is 5.31. The molecule has 116 valence electrons. The maximum absolute atomic E-state index is 13.6. The lowest BCUT2D eigenvalue weighted by Crippen LogP contribution is -2.15. The van der Waals surface area contributed by atoms with Crippen molar-refractivity contribution in [3.05, 3.63) is 63.4 Å². The van der Waals surface area contributed by atoms with Crippen LogP contribution in [0, 0.1) is 12.7 Å². The molecule has 0 aliphatic carbocycles. The molecule has 0 unspecified atom stereocenters. The van der Waals surface area contributed by atoms with Crippen LogP contribution in [-0.4, -0.2) is 11.7 Å². The molecule has 2 rings (SSSR count). The molecule has 22 heavy (non-hydrogen) atoms. The summed E-state index contributed by atoms with van der Waals surface area (Å²) in [6, 6.07) is 9.85. The first-order valence-electron chi connectivity index (χ1n) is 6.54. The van der Waals surface area contributed by atoms with E-state index in [-0.39, 0.29) is 17.5 Å². The van der Waals surface area contributed by atoms with Gasteiger partial charge in [0.1, 0.15) is 5.82 Å². The number of thioether (sulfide) groups is 1. The van der Waals surface area contributed by atoms with E-state index in [4.69, 9.17) is 23.2 Å². The van der Waals surface area contributed by atoms with Crippen LogP contribution in [0.2, 0.25) is 10.0 Å². The van der Waals surface area contributed by atoms with Gasteiger partial charge in [0.2, 0.25) is 5.91 Å². The predicted molar refractivity (Wildman–Crippen MR) is 92.4 cm³/mol. The van der Waals surface area contributed by atoms with Gasteiger partial charge in [-0.2, -0.15) is 0 Å². The van der Waals surface area contributed by atoms with E-state index in [2.05, 4.69) is 5.32 Å². The van der Waals surface area contributed by atoms with Gasteiger partial charge in [-0.25, -0.2) is 4.39 Å². The van der Waals surface area contributed by atoms with E-state index in [0.29, 0.717) is 27.0 Å². The molecule has 0 spiro atoms. The smallest absolute Gasteiger partial charge is 0.234 e. The number of carbonyl (C=O) groups excluding carboxylic acids is 1. The van der Waals surface area contributed by atoms with E-state index >= 15 is 0 Å². The third-order valence-electron chi connectivity index (χ3n) is 3.01. The number of aryl methyl sites for hydroxylation is 1. The molecule has 2 aromatic carbocycles. The Bertz CT molecular complexity index is 674. The number of anilines is 1. The molecule has 0 fully saturated rings. The summed E-state index contributed by atoms with van der Waals surface area (Å²) >= 11 is 13.2. The quantitative estimate of drug-likeness (QED) is 0.785. The number of nitrogens with one attached hydrogen (secondary N) is 1. The molecule has 0 radical (unpaired) electrons. The van der Waals surface area contributed by atoms with Crippen molar-refractivity contribution in [1.29, 1.82) is 0 Å². The fourth-order valence-electron chi connectivity index (χ4n) is 1.83. The van der Waals surface area contributed by atoms with Crippen molar-refractivity contribution < 1.29 is 9.18 Å². The molecule has 2 aromatic rings. The van der Waals surface area contributed by atoms with Crippen LogP contribution in [0.3, 0.4) is 0 Å². The number of hydrogen-bond acceptors (Lipinski definition) is 2. The third-order valence-corrected chi connectivity index (χ3v) is 4.56. The highest BCUT2D eigenvalue weighted by Crippen LogP contribution is 2.24. The molecule has 0 aliphatic heterocycles. The maximum Gasteiger partial charge on any atom is 0.234 e. The minimum absolute atomic E-state index is 0.164. The summed E-state index contributed by atoms with van der Waals surface area (Å²) in [6.07, 6.45) is 0. The monoisotopic (exact) mass is 357 g/mol. The molecular formula is C16H14Cl2FNOS. The first-order chi connectivity index (χ1) is 10.5. The highest BCUT2D eigenvalue weighted by Gasteiger charge is 2.09. The van der Waals surface area contributed by atoms with Crippen LogP contribution in [0.4, 0.5) is 10.1 Å². The second-order valence-electron chi connectivity index (χ2n) is 4.70. The molecular weight excluding hydrogens is 344 g/mol. The van der Waals surface area contributed by atoms with Gasteiger partial charge in [0, 0.05) is 27.0 Å². The molecule has 6 heteroatoms. The Kier molecular flexibility index (Phi) is 6.12. The van der Waals surface area contributed by atoms with Crippen molar-refractivity contribution in [1.82, 2.24) is 0 Å². The Morgan fingerprint density at radius 1 is 1.27 bits per heavy atom. The van der Waals surface area contributed by atoms with E-state index in [1.165, 1.54) is 17.8 Å². The van der Waals surface area contributed by atoms with E-state index in [1.807, 2.05) is 13.0 Å². The van der Waals surface area contributed by atoms with E-state index in [0.717, 1.165) is 5.56 Å². The fraction of sp³-hybridized carbons (Fsp3) is 0.188. The zero-order chi connectivity index (χ0) is 16.1. The SMILES string of the molecule is Cc1ccc(Cl)cc1NC(=O)CSCc1c(F)cccc1Cl. The first-order valence-corrected chi connectivity index (χ1v) is 8.45. The zero-order valence-electron chi connectivity index (χ0n) is 11.8. The summed E-state index contributed by atoms with van der Waals surface area (Å²) < 4.78 is 13.6. The summed E-state index contributed by atoms with van der Waals surface area (Å²) in [5.74, 6) is 0.0262. The molecule has 0 saturated carbocycles. The Balaban J connectivity index is 1.89. The van der Waals surface area contributed by atoms with Gasteiger partial charge in [-0.3, -0.25) is 4.79 Å². The lowest BCUT2D eigenvalue weighted by atomic mass is 10.2. The topological polar surface area (TPSA) is 29.1 Å². The Morgan fingerprint density at radius 3 is 2.77 bits per heavy atom. The first kappa shape index (κ1) is 17.1. The summed E-state index contributed by atoms with van der Waals surface area (Å²) in [5, 5.41) is 3.73. The molecule has 0 saturated heterocycles. The largest absolute Gasteiger partial charge is 0.325 e. The van der Waals surface area contributed by atoms with Crippen LogP contribution in [0.15, 0.2) is 36.4 Å². The molecule has 0 heterocycles. The Labute approximate surface area is 143 Å². The average molecular weight is 358 g/mol. The van der Waals surface area contributed by atoms with Crippen molar-refractivity contribution in [3.63, 3.8) is 0 Å². The van der Waals surface area contributed by atoms with Gasteiger partial charge in [0.05, 0.1) is 5.75 Å². The van der Waals surface area contributed by atoms with Gasteiger partial charge >= 0.3 is 0 Å². The fourth-order valence-corrected chi connectivity index (χ4v) is 3.17. The van der Waals surface area contributed by atoms with Gasteiger partial charge in [-0.1, -0.05) is 35.3 Å². The summed E-state index contributed by atoms with van der Waals surface area (Å²) in [5.41, 5.74) is 2.03. The van der Waals surface area contributed by atoms with Gasteiger partial charge in [0.25, 0.3) is 0 Å². The maximum atomic E-state index is 13.6. The standard InChI is InChI=1S/C16H14Cl2FNOS/c1-10-5-6-11(17)7-15(10)20-16(21)9-22-8-12-13(18)3-2-4-14(12)19/h2-7H,8-9H2,1H3,(H,20,21). The van der Waals surface area contributed by atoms with E-state index < -0.39 is 0 Å². The van der Waals surface area contributed by atoms with Crippen molar-refractivity contribution in [2.75, 3.05) is 11.1 Å². The Hall–Kier alpha value is -1.23. The van der Waals surface area contributed by atoms with Crippen molar-refractivity contribution in [3.8, 4) is 0 Å². The van der Waals surface area contributed by atoms with Gasteiger partial charge in [-0.05, 0) is 36.8 Å². The second kappa shape index (κ2) is 7.86. The lowest BCUT2D eigenvalue weighted by Gasteiger charge is -2.09. The van der Waals surface area contributed by atoms with Gasteiger partial charge in [0.15, 0.2) is 0 Å². The number of carbonyl (C=O) groups is 1. The summed E-state index contributed by atoms with van der Waals surface area (Å²) in [4.78, 5) is 11.9. The second-order valence-corrected chi connectivity index (χ2v) is 6.53. The van der Waals surface area contributed by atoms with Crippen LogP contribution < -0.4 is 5.32 Å². The number of rotatable bonds is 5. The van der Waals surface area contributed by atoms with E-state index in [1.54, 1.807) is 24.3 Å². The van der Waals surface area contributed by atoms with Gasteiger partial charge in [-0.15, -0.1) is 11.8 Å². The molecule has 0 atom stereocenters. The van der Waals surface area contributed by atoms with Gasteiger partial charge < -0.3 is 5.32 Å². The van der Waals surface area contributed by atoms with E-state index in [9.17, 15) is 9.18 Å². The molecule has 2 nitrogen and oxygen atoms in total.